The molecule has 0 N–H and O–H groups in total. The molecule has 16 heavy (non-hydrogen) atoms. The highest BCUT2D eigenvalue weighted by atomic mass is 19.4. The van der Waals surface area contributed by atoms with Gasteiger partial charge in [-0.15, -0.1) is 0 Å². The maximum Gasteiger partial charge on any atom is 0.406 e. The number of epoxide rings is 1. The standard InChI is InChI=1S/C7H6F8O/c8-5(9,1-3-2-16-3)4(6(10,11)12)7(13,14)15/h3-4H,1-2H2. The van der Waals surface area contributed by atoms with Crippen LogP contribution in [0.15, 0.2) is 0 Å². The first-order valence-corrected chi connectivity index (χ1v) is 4.07. The van der Waals surface area contributed by atoms with Crippen molar-refractivity contribution >= 4 is 0 Å². The summed E-state index contributed by atoms with van der Waals surface area (Å²) < 4.78 is 102. The van der Waals surface area contributed by atoms with Crippen molar-refractivity contribution in [3.8, 4) is 0 Å². The van der Waals surface area contributed by atoms with Crippen LogP contribution in [0.4, 0.5) is 35.1 Å². The quantitative estimate of drug-likeness (QED) is 0.559. The van der Waals surface area contributed by atoms with Crippen LogP contribution in [0.3, 0.4) is 0 Å². The molecule has 1 fully saturated rings. The van der Waals surface area contributed by atoms with Crippen LogP contribution in [0.5, 0.6) is 0 Å². The van der Waals surface area contributed by atoms with Gasteiger partial charge in [-0.05, 0) is 0 Å². The van der Waals surface area contributed by atoms with Gasteiger partial charge in [0.2, 0.25) is 5.92 Å². The summed E-state index contributed by atoms with van der Waals surface area (Å²) in [4.78, 5) is 0. The zero-order chi connectivity index (χ0) is 12.8. The van der Waals surface area contributed by atoms with E-state index >= 15 is 0 Å². The van der Waals surface area contributed by atoms with Crippen molar-refractivity contribution in [1.29, 1.82) is 0 Å². The Morgan fingerprint density at radius 1 is 0.938 bits per heavy atom. The van der Waals surface area contributed by atoms with Crippen LogP contribution >= 0.6 is 0 Å². The average molecular weight is 258 g/mol. The first kappa shape index (κ1) is 13.5. The third-order valence-electron chi connectivity index (χ3n) is 1.98. The fourth-order valence-corrected chi connectivity index (χ4v) is 1.27. The molecule has 1 nitrogen and oxygen atoms in total. The van der Waals surface area contributed by atoms with Gasteiger partial charge < -0.3 is 4.74 Å². The molecular formula is C7H6F8O. The first-order chi connectivity index (χ1) is 6.94. The van der Waals surface area contributed by atoms with Crippen molar-refractivity contribution in [1.82, 2.24) is 0 Å². The van der Waals surface area contributed by atoms with E-state index in [0.717, 1.165) is 0 Å². The summed E-state index contributed by atoms with van der Waals surface area (Å²) in [6.45, 7) is -0.238. The van der Waals surface area contributed by atoms with Gasteiger partial charge in [0.25, 0.3) is 5.92 Å². The summed E-state index contributed by atoms with van der Waals surface area (Å²) in [7, 11) is 0. The zero-order valence-electron chi connectivity index (χ0n) is 7.50. The fraction of sp³-hybridized carbons (Fsp3) is 1.00. The monoisotopic (exact) mass is 258 g/mol. The minimum Gasteiger partial charge on any atom is -0.373 e. The Morgan fingerprint density at radius 3 is 1.56 bits per heavy atom. The number of alkyl halides is 8. The Kier molecular flexibility index (Phi) is 3.12. The van der Waals surface area contributed by atoms with Crippen molar-refractivity contribution in [3.63, 3.8) is 0 Å². The van der Waals surface area contributed by atoms with Gasteiger partial charge in [0, 0.05) is 6.42 Å². The van der Waals surface area contributed by atoms with Gasteiger partial charge in [-0.1, -0.05) is 0 Å². The Morgan fingerprint density at radius 2 is 1.31 bits per heavy atom. The Labute approximate surface area is 84.4 Å². The molecule has 1 rings (SSSR count). The molecule has 0 aromatic heterocycles. The van der Waals surface area contributed by atoms with Crippen LogP contribution in [0.2, 0.25) is 0 Å². The highest BCUT2D eigenvalue weighted by molar-refractivity contribution is 4.91. The zero-order valence-corrected chi connectivity index (χ0v) is 7.50. The highest BCUT2D eigenvalue weighted by Crippen LogP contribution is 2.50. The van der Waals surface area contributed by atoms with E-state index in [-0.39, 0.29) is 6.61 Å². The second-order valence-corrected chi connectivity index (χ2v) is 3.44. The molecule has 0 aromatic carbocycles. The fourth-order valence-electron chi connectivity index (χ4n) is 1.27. The molecule has 1 unspecified atom stereocenters. The maximum atomic E-state index is 12.9. The second-order valence-electron chi connectivity index (χ2n) is 3.44. The van der Waals surface area contributed by atoms with Crippen molar-refractivity contribution in [2.24, 2.45) is 5.92 Å². The first-order valence-electron chi connectivity index (χ1n) is 4.07. The third kappa shape index (κ3) is 3.19. The predicted octanol–water partition coefficient (Wildman–Crippen LogP) is 3.15. The molecule has 0 saturated carbocycles. The number of halogens is 8. The largest absolute Gasteiger partial charge is 0.406 e. The summed E-state index contributed by atoms with van der Waals surface area (Å²) >= 11 is 0. The van der Waals surface area contributed by atoms with E-state index < -0.39 is 36.7 Å². The lowest BCUT2D eigenvalue weighted by atomic mass is 9.96. The van der Waals surface area contributed by atoms with Crippen molar-refractivity contribution in [2.75, 3.05) is 6.61 Å². The molecule has 9 heteroatoms. The van der Waals surface area contributed by atoms with Crippen molar-refractivity contribution in [2.45, 2.75) is 30.8 Å². The van der Waals surface area contributed by atoms with E-state index in [2.05, 4.69) is 4.74 Å². The molecule has 1 saturated heterocycles. The lowest BCUT2D eigenvalue weighted by molar-refractivity contribution is -0.339. The summed E-state index contributed by atoms with van der Waals surface area (Å²) in [6.07, 6.45) is -14.9. The molecule has 0 amide bonds. The van der Waals surface area contributed by atoms with Gasteiger partial charge in [0.15, 0.2) is 0 Å². The smallest absolute Gasteiger partial charge is 0.373 e. The van der Waals surface area contributed by atoms with Crippen LogP contribution < -0.4 is 0 Å². The van der Waals surface area contributed by atoms with Crippen LogP contribution in [0.1, 0.15) is 6.42 Å². The van der Waals surface area contributed by atoms with Crippen LogP contribution in [-0.4, -0.2) is 31.0 Å². The van der Waals surface area contributed by atoms with Gasteiger partial charge in [0.05, 0.1) is 12.7 Å². The van der Waals surface area contributed by atoms with Gasteiger partial charge in [-0.2, -0.15) is 26.3 Å². The highest BCUT2D eigenvalue weighted by Gasteiger charge is 2.69. The van der Waals surface area contributed by atoms with E-state index in [1.165, 1.54) is 0 Å². The molecule has 0 bridgehead atoms. The topological polar surface area (TPSA) is 12.5 Å². The van der Waals surface area contributed by atoms with Gasteiger partial charge in [-0.3, -0.25) is 0 Å². The van der Waals surface area contributed by atoms with Gasteiger partial charge in [-0.25, -0.2) is 8.78 Å². The molecule has 1 aliphatic heterocycles. The minimum absolute atomic E-state index is 0.238. The van der Waals surface area contributed by atoms with Gasteiger partial charge in [0.1, 0.15) is 0 Å². The number of hydrogen-bond acceptors (Lipinski definition) is 1. The van der Waals surface area contributed by atoms with Crippen LogP contribution in [-0.2, 0) is 4.74 Å². The lowest BCUT2D eigenvalue weighted by Gasteiger charge is -2.29. The minimum atomic E-state index is -6.03. The Hall–Kier alpha value is -0.600. The van der Waals surface area contributed by atoms with Gasteiger partial charge >= 0.3 is 12.4 Å². The molecule has 0 aromatic rings. The molecular weight excluding hydrogens is 252 g/mol. The lowest BCUT2D eigenvalue weighted by Crippen LogP contribution is -2.49. The van der Waals surface area contributed by atoms with Crippen molar-refractivity contribution < 1.29 is 39.9 Å². The Bertz CT molecular complexity index is 236. The molecule has 1 heterocycles. The van der Waals surface area contributed by atoms with Crippen LogP contribution in [0.25, 0.3) is 0 Å². The summed E-state index contributed by atoms with van der Waals surface area (Å²) in [5.74, 6) is -9.55. The maximum absolute atomic E-state index is 12.9. The van der Waals surface area contributed by atoms with E-state index in [4.69, 9.17) is 0 Å². The number of ether oxygens (including phenoxy) is 1. The number of rotatable bonds is 3. The van der Waals surface area contributed by atoms with E-state index in [0.29, 0.717) is 0 Å². The molecule has 0 aliphatic carbocycles. The molecule has 1 atom stereocenters. The van der Waals surface area contributed by atoms with E-state index in [1.807, 2.05) is 0 Å². The van der Waals surface area contributed by atoms with Crippen LogP contribution in [0, 0.1) is 5.92 Å². The third-order valence-corrected chi connectivity index (χ3v) is 1.98. The van der Waals surface area contributed by atoms with E-state index in [9.17, 15) is 35.1 Å². The molecule has 0 spiro atoms. The number of hydrogen-bond donors (Lipinski definition) is 0. The molecule has 0 radical (unpaired) electrons. The SMILES string of the molecule is FC(F)(F)C(C(F)(F)F)C(F)(F)CC1CO1. The summed E-state index contributed by atoms with van der Waals surface area (Å²) in [6, 6.07) is 0. The molecule has 96 valence electrons. The Balaban J connectivity index is 2.90. The summed E-state index contributed by atoms with van der Waals surface area (Å²) in [5.41, 5.74) is 0. The normalized spacial score (nSPS) is 22.7. The second kappa shape index (κ2) is 3.71. The predicted molar refractivity (Wildman–Crippen MR) is 34.9 cm³/mol. The van der Waals surface area contributed by atoms with Crippen molar-refractivity contribution in [3.05, 3.63) is 0 Å². The summed E-state index contributed by atoms with van der Waals surface area (Å²) in [5, 5.41) is 0. The van der Waals surface area contributed by atoms with E-state index in [1.54, 1.807) is 0 Å². The average Bonchev–Trinajstić information content (AvgIpc) is 2.59. The molecule has 1 aliphatic rings.